The smallest absolute Gasteiger partial charge is 0.258 e. The van der Waals surface area contributed by atoms with Gasteiger partial charge in [0.25, 0.3) is 5.56 Å². The van der Waals surface area contributed by atoms with E-state index in [2.05, 4.69) is 21.7 Å². The quantitative estimate of drug-likeness (QED) is 0.450. The van der Waals surface area contributed by atoms with Gasteiger partial charge in [0.15, 0.2) is 5.65 Å². The fourth-order valence-electron chi connectivity index (χ4n) is 4.52. The summed E-state index contributed by atoms with van der Waals surface area (Å²) in [7, 11) is 1.73. The first kappa shape index (κ1) is 21.9. The lowest BCUT2D eigenvalue weighted by atomic mass is 10.1. The molecule has 1 aliphatic heterocycles. The second-order valence-corrected chi connectivity index (χ2v) is 9.02. The van der Waals surface area contributed by atoms with Gasteiger partial charge in [-0.15, -0.1) is 0 Å². The van der Waals surface area contributed by atoms with Gasteiger partial charge in [-0.1, -0.05) is 11.6 Å². The highest BCUT2D eigenvalue weighted by atomic mass is 35.5. The van der Waals surface area contributed by atoms with Gasteiger partial charge in [0.1, 0.15) is 5.65 Å². The zero-order valence-electron chi connectivity index (χ0n) is 19.0. The number of hydrogen-bond donors (Lipinski definition) is 0. The van der Waals surface area contributed by atoms with Gasteiger partial charge in [-0.3, -0.25) is 14.1 Å². The third kappa shape index (κ3) is 4.21. The van der Waals surface area contributed by atoms with Crippen molar-refractivity contribution >= 4 is 28.6 Å². The Balaban J connectivity index is 1.45. The van der Waals surface area contributed by atoms with E-state index >= 15 is 0 Å². The molecule has 5 heterocycles. The average Bonchev–Trinajstić information content (AvgIpc) is 3.19. The highest BCUT2D eigenvalue weighted by Crippen LogP contribution is 2.25. The summed E-state index contributed by atoms with van der Waals surface area (Å²) >= 11 is 6.43. The van der Waals surface area contributed by atoms with Crippen molar-refractivity contribution in [3.05, 3.63) is 63.9 Å². The van der Waals surface area contributed by atoms with E-state index in [1.54, 1.807) is 23.6 Å². The Kier molecular flexibility index (Phi) is 5.82. The Bertz CT molecular complexity index is 1380. The number of imidazole rings is 1. The first-order valence-electron chi connectivity index (χ1n) is 11.1. The van der Waals surface area contributed by atoms with E-state index in [0.29, 0.717) is 28.1 Å². The summed E-state index contributed by atoms with van der Waals surface area (Å²) in [5, 5.41) is 0.525. The molecule has 0 bridgehead atoms. The fourth-order valence-corrected chi connectivity index (χ4v) is 4.77. The van der Waals surface area contributed by atoms with Crippen molar-refractivity contribution in [1.29, 1.82) is 0 Å². The maximum absolute atomic E-state index is 13.0. The van der Waals surface area contributed by atoms with E-state index in [1.165, 1.54) is 0 Å². The van der Waals surface area contributed by atoms with Gasteiger partial charge in [0.2, 0.25) is 0 Å². The molecular weight excluding hydrogens is 440 g/mol. The Morgan fingerprint density at radius 1 is 1.15 bits per heavy atom. The average molecular weight is 467 g/mol. The van der Waals surface area contributed by atoms with Gasteiger partial charge in [-0.25, -0.2) is 9.97 Å². The summed E-state index contributed by atoms with van der Waals surface area (Å²) in [4.78, 5) is 26.9. The Morgan fingerprint density at radius 3 is 2.79 bits per heavy atom. The highest BCUT2D eigenvalue weighted by Gasteiger charge is 2.24. The molecule has 33 heavy (non-hydrogen) atoms. The number of anilines is 1. The Labute approximate surface area is 197 Å². The molecule has 0 N–H and O–H groups in total. The van der Waals surface area contributed by atoms with Crippen molar-refractivity contribution in [3.8, 4) is 11.3 Å². The van der Waals surface area contributed by atoms with Crippen LogP contribution >= 0.6 is 11.6 Å². The van der Waals surface area contributed by atoms with Crippen molar-refractivity contribution in [2.24, 2.45) is 0 Å². The number of piperazine rings is 1. The molecule has 0 amide bonds. The second-order valence-electron chi connectivity index (χ2n) is 8.61. The zero-order valence-corrected chi connectivity index (χ0v) is 19.8. The number of halogens is 1. The molecular formula is C24H27ClN6O2. The molecule has 1 atom stereocenters. The van der Waals surface area contributed by atoms with E-state index in [1.807, 2.05) is 42.0 Å². The number of rotatable bonds is 5. The van der Waals surface area contributed by atoms with E-state index < -0.39 is 0 Å². The third-order valence-electron chi connectivity index (χ3n) is 6.28. The Hall–Kier alpha value is -2.94. The molecule has 0 aliphatic carbocycles. The summed E-state index contributed by atoms with van der Waals surface area (Å²) in [6.07, 6.45) is 5.70. The van der Waals surface area contributed by atoms with Gasteiger partial charge < -0.3 is 14.0 Å². The van der Waals surface area contributed by atoms with Crippen molar-refractivity contribution in [2.75, 3.05) is 44.8 Å². The van der Waals surface area contributed by atoms with E-state index in [9.17, 15) is 4.79 Å². The predicted octanol–water partition coefficient (Wildman–Crippen LogP) is 3.13. The SMILES string of the molecule is COCCN1CCN(c2ccc3nc(-c4cc(Cl)c5nc(C)cn5c4)cc(=O)n3c2)C[C@@H]1C. The van der Waals surface area contributed by atoms with Crippen LogP contribution in [0.25, 0.3) is 22.6 Å². The van der Waals surface area contributed by atoms with Crippen molar-refractivity contribution in [3.63, 3.8) is 0 Å². The highest BCUT2D eigenvalue weighted by molar-refractivity contribution is 6.33. The lowest BCUT2D eigenvalue weighted by Crippen LogP contribution is -2.52. The minimum absolute atomic E-state index is 0.123. The lowest BCUT2D eigenvalue weighted by molar-refractivity contribution is 0.117. The van der Waals surface area contributed by atoms with Crippen LogP contribution in [0.4, 0.5) is 5.69 Å². The monoisotopic (exact) mass is 466 g/mol. The van der Waals surface area contributed by atoms with Crippen LogP contribution < -0.4 is 10.5 Å². The van der Waals surface area contributed by atoms with Gasteiger partial charge >= 0.3 is 0 Å². The molecule has 0 unspecified atom stereocenters. The fraction of sp³-hybridized carbons (Fsp3) is 0.375. The van der Waals surface area contributed by atoms with Gasteiger partial charge in [-0.2, -0.15) is 0 Å². The maximum atomic E-state index is 13.0. The topological polar surface area (TPSA) is 67.4 Å². The van der Waals surface area contributed by atoms with E-state index in [0.717, 1.165) is 49.7 Å². The van der Waals surface area contributed by atoms with Crippen LogP contribution in [0.2, 0.25) is 5.02 Å². The second kappa shape index (κ2) is 8.78. The largest absolute Gasteiger partial charge is 0.383 e. The molecule has 0 saturated carbocycles. The minimum Gasteiger partial charge on any atom is -0.383 e. The molecule has 9 heteroatoms. The number of hydrogen-bond acceptors (Lipinski definition) is 6. The molecule has 172 valence electrons. The zero-order chi connectivity index (χ0) is 23.1. The number of fused-ring (bicyclic) bond motifs is 2. The lowest BCUT2D eigenvalue weighted by Gasteiger charge is -2.40. The van der Waals surface area contributed by atoms with Crippen LogP contribution in [-0.4, -0.2) is 69.6 Å². The first-order valence-corrected chi connectivity index (χ1v) is 11.5. The van der Waals surface area contributed by atoms with Gasteiger partial charge in [-0.05, 0) is 32.0 Å². The van der Waals surface area contributed by atoms with Crippen LogP contribution in [0.3, 0.4) is 0 Å². The van der Waals surface area contributed by atoms with Crippen LogP contribution in [0.5, 0.6) is 0 Å². The third-order valence-corrected chi connectivity index (χ3v) is 6.56. The predicted molar refractivity (Wildman–Crippen MR) is 131 cm³/mol. The first-order chi connectivity index (χ1) is 15.9. The Morgan fingerprint density at radius 2 is 2.00 bits per heavy atom. The number of methoxy groups -OCH3 is 1. The van der Waals surface area contributed by atoms with Crippen molar-refractivity contribution < 1.29 is 4.74 Å². The van der Waals surface area contributed by atoms with Gasteiger partial charge in [0.05, 0.1) is 28.7 Å². The summed E-state index contributed by atoms with van der Waals surface area (Å²) in [5.74, 6) is 0. The minimum atomic E-state index is -0.123. The summed E-state index contributed by atoms with van der Waals surface area (Å²) in [5.41, 5.74) is 4.43. The molecule has 5 rings (SSSR count). The summed E-state index contributed by atoms with van der Waals surface area (Å²) < 4.78 is 8.71. The summed E-state index contributed by atoms with van der Waals surface area (Å²) in [6.45, 7) is 8.59. The molecule has 4 aromatic heterocycles. The summed E-state index contributed by atoms with van der Waals surface area (Å²) in [6, 6.07) is 7.72. The number of pyridine rings is 2. The van der Waals surface area contributed by atoms with Crippen LogP contribution in [0.15, 0.2) is 47.7 Å². The van der Waals surface area contributed by atoms with Crippen LogP contribution in [0, 0.1) is 6.92 Å². The molecule has 1 saturated heterocycles. The van der Waals surface area contributed by atoms with Gasteiger partial charge in [0, 0.05) is 69.6 Å². The normalized spacial score (nSPS) is 17.3. The number of aryl methyl sites for hydroxylation is 1. The number of ether oxygens (including phenoxy) is 1. The van der Waals surface area contributed by atoms with Crippen molar-refractivity contribution in [1.82, 2.24) is 23.7 Å². The van der Waals surface area contributed by atoms with E-state index in [-0.39, 0.29) is 5.56 Å². The van der Waals surface area contributed by atoms with E-state index in [4.69, 9.17) is 21.3 Å². The molecule has 1 aliphatic rings. The standard InChI is InChI=1S/C24H27ClN6O2/c1-16-12-30-14-18(10-20(25)24(30)26-16)21-11-23(32)31-15-19(4-5-22(31)27-21)29-7-6-28(8-9-33-3)17(2)13-29/h4-5,10-12,14-15,17H,6-9,13H2,1-3H3/t17-/m0/s1. The van der Waals surface area contributed by atoms with Crippen LogP contribution in [0.1, 0.15) is 12.6 Å². The molecule has 4 aromatic rings. The van der Waals surface area contributed by atoms with Crippen LogP contribution in [-0.2, 0) is 4.74 Å². The number of aromatic nitrogens is 4. The molecule has 0 radical (unpaired) electrons. The molecule has 0 spiro atoms. The van der Waals surface area contributed by atoms with Crippen molar-refractivity contribution in [2.45, 2.75) is 19.9 Å². The molecule has 0 aromatic carbocycles. The number of nitrogens with zero attached hydrogens (tertiary/aromatic N) is 6. The molecule has 8 nitrogen and oxygen atoms in total. The molecule has 1 fully saturated rings. The maximum Gasteiger partial charge on any atom is 0.258 e.